The van der Waals surface area contributed by atoms with Crippen molar-refractivity contribution >= 4 is 34.1 Å². The van der Waals surface area contributed by atoms with Gasteiger partial charge < -0.3 is 9.80 Å². The molecular weight excluding hydrogens is 797 g/mol. The quantitative estimate of drug-likeness (QED) is 0.165. The van der Waals surface area contributed by atoms with E-state index >= 15 is 0 Å². The van der Waals surface area contributed by atoms with Gasteiger partial charge in [0.05, 0.1) is 5.69 Å². The Kier molecular flexibility index (Phi) is 9.97. The van der Waals surface area contributed by atoms with Crippen molar-refractivity contribution < 1.29 is 0 Å². The van der Waals surface area contributed by atoms with Crippen LogP contribution in [0.4, 0.5) is 34.1 Å². The summed E-state index contributed by atoms with van der Waals surface area (Å²) in [7, 11) is 0. The summed E-state index contributed by atoms with van der Waals surface area (Å²) in [5, 5.41) is 0. The molecule has 0 radical (unpaired) electrons. The molecule has 4 aliphatic rings. The molecule has 2 heteroatoms. The molecule has 0 bridgehead atoms. The van der Waals surface area contributed by atoms with Gasteiger partial charge in [-0.05, 0) is 200 Å². The second-order valence-corrected chi connectivity index (χ2v) is 25.6. The molecule has 4 aliphatic carbocycles. The minimum absolute atomic E-state index is 0.0683. The number of anilines is 6. The third kappa shape index (κ3) is 7.01. The fourth-order valence-corrected chi connectivity index (χ4v) is 13.0. The van der Waals surface area contributed by atoms with Crippen LogP contribution < -0.4 is 9.80 Å². The standard InChI is InChI=1S/C64H76N2/c1-41-35-45(65(42-23-26-50-53(38-42)61(8,9)32-29-58(50,2)3)43-24-27-51-54(39-43)62(10,11)33-30-59(51,4)5)37-46(36-41)66(44-25-28-52-55(40-44)63(12,13)34-31-60(52,6)7)56-22-18-20-48-47-19-16-17-21-49(47)64(14,15)57(48)56/h16-28,35-40H,29-34H2,1-15H3. The van der Waals surface area contributed by atoms with Gasteiger partial charge in [0.15, 0.2) is 0 Å². The first-order valence-corrected chi connectivity index (χ1v) is 25.2. The maximum atomic E-state index is 2.62. The van der Waals surface area contributed by atoms with Crippen molar-refractivity contribution in [2.24, 2.45) is 0 Å². The molecular formula is C64H76N2. The lowest BCUT2D eigenvalue weighted by Gasteiger charge is -2.43. The summed E-state index contributed by atoms with van der Waals surface area (Å²) in [6, 6.07) is 45.8. The number of benzene rings is 6. The Morgan fingerprint density at radius 1 is 0.318 bits per heavy atom. The zero-order chi connectivity index (χ0) is 47.1. The minimum Gasteiger partial charge on any atom is -0.310 e. The summed E-state index contributed by atoms with van der Waals surface area (Å²) >= 11 is 0. The van der Waals surface area contributed by atoms with Crippen molar-refractivity contribution in [1.82, 2.24) is 0 Å². The van der Waals surface area contributed by atoms with Crippen LogP contribution in [0.3, 0.4) is 0 Å². The van der Waals surface area contributed by atoms with Gasteiger partial charge in [-0.15, -0.1) is 0 Å². The third-order valence-electron chi connectivity index (χ3n) is 17.6. The first kappa shape index (κ1) is 44.7. The fourth-order valence-electron chi connectivity index (χ4n) is 13.0. The highest BCUT2D eigenvalue weighted by Crippen LogP contribution is 2.57. The third-order valence-corrected chi connectivity index (χ3v) is 17.6. The Hall–Kier alpha value is -5.08. The van der Waals surface area contributed by atoms with E-state index < -0.39 is 0 Å². The van der Waals surface area contributed by atoms with E-state index in [-0.39, 0.29) is 37.9 Å². The van der Waals surface area contributed by atoms with Gasteiger partial charge in [-0.2, -0.15) is 0 Å². The smallest absolute Gasteiger partial charge is 0.0508 e. The highest BCUT2D eigenvalue weighted by atomic mass is 15.2. The van der Waals surface area contributed by atoms with E-state index in [1.54, 1.807) is 0 Å². The van der Waals surface area contributed by atoms with Gasteiger partial charge in [-0.25, -0.2) is 0 Å². The van der Waals surface area contributed by atoms with E-state index in [0.717, 1.165) is 0 Å². The van der Waals surface area contributed by atoms with Crippen molar-refractivity contribution in [2.45, 2.75) is 180 Å². The number of hydrogen-bond acceptors (Lipinski definition) is 2. The number of nitrogens with zero attached hydrogens (tertiary/aromatic N) is 2. The normalized spacial score (nSPS) is 20.5. The maximum Gasteiger partial charge on any atom is 0.0508 e. The second kappa shape index (κ2) is 14.7. The molecule has 0 N–H and O–H groups in total. The lowest BCUT2D eigenvalue weighted by molar-refractivity contribution is 0.332. The maximum absolute atomic E-state index is 2.62. The number of hydrogen-bond donors (Lipinski definition) is 0. The Balaban J connectivity index is 1.24. The van der Waals surface area contributed by atoms with Crippen LogP contribution >= 0.6 is 0 Å². The molecule has 0 aromatic heterocycles. The van der Waals surface area contributed by atoms with Crippen LogP contribution in [0.15, 0.2) is 115 Å². The number of fused-ring (bicyclic) bond motifs is 6. The number of rotatable bonds is 6. The molecule has 6 aromatic rings. The SMILES string of the molecule is Cc1cc(N(c2ccc3c(c2)C(C)(C)CCC3(C)C)c2ccc3c(c2)C(C)(C)CCC3(C)C)cc(N(c2ccc3c(c2)C(C)(C)CCC3(C)C)c2cccc3c2C(C)(C)c2ccccc2-3)c1. The zero-order valence-corrected chi connectivity index (χ0v) is 43.1. The summed E-state index contributed by atoms with van der Waals surface area (Å²) in [5.41, 5.74) is 23.4. The Morgan fingerprint density at radius 2 is 0.697 bits per heavy atom. The van der Waals surface area contributed by atoms with Crippen LogP contribution in [0, 0.1) is 6.92 Å². The molecule has 0 saturated carbocycles. The van der Waals surface area contributed by atoms with Gasteiger partial charge in [-0.3, -0.25) is 0 Å². The van der Waals surface area contributed by atoms with Crippen molar-refractivity contribution in [2.75, 3.05) is 9.80 Å². The van der Waals surface area contributed by atoms with E-state index in [9.17, 15) is 0 Å². The molecule has 0 atom stereocenters. The molecule has 0 heterocycles. The van der Waals surface area contributed by atoms with Gasteiger partial charge in [-0.1, -0.05) is 152 Å². The lowest BCUT2D eigenvalue weighted by atomic mass is 9.63. The topological polar surface area (TPSA) is 6.48 Å². The Morgan fingerprint density at radius 3 is 1.15 bits per heavy atom. The predicted octanol–water partition coefficient (Wildman–Crippen LogP) is 18.3. The molecule has 6 aromatic carbocycles. The molecule has 0 unspecified atom stereocenters. The van der Waals surface area contributed by atoms with Crippen molar-refractivity contribution in [3.05, 3.63) is 165 Å². The molecule has 0 aliphatic heterocycles. The Bertz CT molecular complexity index is 2850. The van der Waals surface area contributed by atoms with Crippen molar-refractivity contribution in [3.8, 4) is 11.1 Å². The van der Waals surface area contributed by atoms with E-state index in [2.05, 4.69) is 229 Å². The molecule has 0 saturated heterocycles. The van der Waals surface area contributed by atoms with Crippen LogP contribution in [-0.4, -0.2) is 0 Å². The second-order valence-electron chi connectivity index (χ2n) is 25.6. The van der Waals surface area contributed by atoms with Crippen molar-refractivity contribution in [1.29, 1.82) is 0 Å². The van der Waals surface area contributed by atoms with Gasteiger partial charge in [0, 0.05) is 33.9 Å². The fraction of sp³-hybridized carbons (Fsp3) is 0.438. The largest absolute Gasteiger partial charge is 0.310 e. The van der Waals surface area contributed by atoms with Gasteiger partial charge >= 0.3 is 0 Å². The average Bonchev–Trinajstić information content (AvgIpc) is 3.49. The first-order chi connectivity index (χ1) is 30.8. The lowest BCUT2D eigenvalue weighted by Crippen LogP contribution is -2.34. The van der Waals surface area contributed by atoms with Gasteiger partial charge in [0.2, 0.25) is 0 Å². The van der Waals surface area contributed by atoms with Crippen LogP contribution in [-0.2, 0) is 37.9 Å². The van der Waals surface area contributed by atoms with Gasteiger partial charge in [0.25, 0.3) is 0 Å². The molecule has 0 spiro atoms. The zero-order valence-electron chi connectivity index (χ0n) is 43.1. The van der Waals surface area contributed by atoms with E-state index in [1.807, 2.05) is 0 Å². The highest BCUT2D eigenvalue weighted by Gasteiger charge is 2.42. The van der Waals surface area contributed by atoms with Crippen LogP contribution in [0.25, 0.3) is 11.1 Å². The summed E-state index contributed by atoms with van der Waals surface area (Å²) in [5.74, 6) is 0. The summed E-state index contributed by atoms with van der Waals surface area (Å²) in [4.78, 5) is 5.22. The van der Waals surface area contributed by atoms with E-state index in [0.29, 0.717) is 0 Å². The number of aryl methyl sites for hydroxylation is 1. The molecule has 0 amide bonds. The monoisotopic (exact) mass is 873 g/mol. The molecule has 66 heavy (non-hydrogen) atoms. The first-order valence-electron chi connectivity index (χ1n) is 25.2. The average molecular weight is 873 g/mol. The highest BCUT2D eigenvalue weighted by molar-refractivity contribution is 5.92. The molecule has 0 fully saturated rings. The van der Waals surface area contributed by atoms with Crippen molar-refractivity contribution in [3.63, 3.8) is 0 Å². The van der Waals surface area contributed by atoms with Crippen LogP contribution in [0.2, 0.25) is 0 Å². The Labute approximate surface area is 398 Å². The predicted molar refractivity (Wildman–Crippen MR) is 284 cm³/mol. The summed E-state index contributed by atoms with van der Waals surface area (Å²) in [6.45, 7) is 36.6. The van der Waals surface area contributed by atoms with Gasteiger partial charge in [0.1, 0.15) is 0 Å². The molecule has 342 valence electrons. The van der Waals surface area contributed by atoms with Crippen LogP contribution in [0.5, 0.6) is 0 Å². The minimum atomic E-state index is -0.192. The molecule has 10 rings (SSSR count). The summed E-state index contributed by atoms with van der Waals surface area (Å²) < 4.78 is 0. The molecule has 2 nitrogen and oxygen atoms in total. The van der Waals surface area contributed by atoms with E-state index in [1.165, 1.54) is 134 Å². The van der Waals surface area contributed by atoms with E-state index in [4.69, 9.17) is 0 Å². The summed E-state index contributed by atoms with van der Waals surface area (Å²) in [6.07, 6.45) is 7.13. The van der Waals surface area contributed by atoms with Crippen LogP contribution in [0.1, 0.15) is 186 Å².